The number of imidazole rings is 1. The Labute approximate surface area is 160 Å². The highest BCUT2D eigenvalue weighted by Gasteiger charge is 2.14. The highest BCUT2D eigenvalue weighted by atomic mass is 15.1. The summed E-state index contributed by atoms with van der Waals surface area (Å²) in [6.45, 7) is 7.31. The lowest BCUT2D eigenvalue weighted by Crippen LogP contribution is -2.07. The number of hydrogen-bond acceptors (Lipinski definition) is 2. The molecule has 0 unspecified atom stereocenters. The lowest BCUT2D eigenvalue weighted by atomic mass is 10.1. The van der Waals surface area contributed by atoms with Crippen LogP contribution in [0.2, 0.25) is 0 Å². The first-order valence-electron chi connectivity index (χ1n) is 9.36. The van der Waals surface area contributed by atoms with Crippen molar-refractivity contribution in [2.24, 2.45) is 0 Å². The molecule has 0 saturated heterocycles. The van der Waals surface area contributed by atoms with E-state index >= 15 is 0 Å². The van der Waals surface area contributed by atoms with Gasteiger partial charge in [0.15, 0.2) is 0 Å². The second kappa shape index (κ2) is 6.92. The lowest BCUT2D eigenvalue weighted by molar-refractivity contribution is 0.758. The van der Waals surface area contributed by atoms with Crippen molar-refractivity contribution in [2.75, 3.05) is 5.73 Å². The minimum Gasteiger partial charge on any atom is -0.399 e. The minimum absolute atomic E-state index is 0.790. The Hall–Kier alpha value is -3.07. The summed E-state index contributed by atoms with van der Waals surface area (Å²) >= 11 is 0. The maximum atomic E-state index is 5.84. The van der Waals surface area contributed by atoms with Crippen LogP contribution in [0.1, 0.15) is 33.6 Å². The van der Waals surface area contributed by atoms with Crippen LogP contribution in [0.4, 0.5) is 5.69 Å². The number of aromatic nitrogens is 2. The highest BCUT2D eigenvalue weighted by molar-refractivity contribution is 5.78. The van der Waals surface area contributed by atoms with Gasteiger partial charge in [-0.2, -0.15) is 0 Å². The zero-order chi connectivity index (χ0) is 19.0. The molecule has 1 aromatic heterocycles. The van der Waals surface area contributed by atoms with Gasteiger partial charge in [0.25, 0.3) is 0 Å². The summed E-state index contributed by atoms with van der Waals surface area (Å²) in [6.07, 6.45) is 0.791. The molecule has 0 fully saturated rings. The van der Waals surface area contributed by atoms with Crippen molar-refractivity contribution in [2.45, 2.75) is 33.7 Å². The molecular weight excluding hydrogens is 330 g/mol. The van der Waals surface area contributed by atoms with Gasteiger partial charge in [0.2, 0.25) is 0 Å². The topological polar surface area (TPSA) is 43.8 Å². The Kier molecular flexibility index (Phi) is 4.44. The second-order valence-electron chi connectivity index (χ2n) is 7.38. The number of nitrogens with zero attached hydrogens (tertiary/aromatic N) is 2. The minimum atomic E-state index is 0.790. The Morgan fingerprint density at radius 1 is 0.852 bits per heavy atom. The van der Waals surface area contributed by atoms with Crippen molar-refractivity contribution >= 4 is 16.7 Å². The Bertz CT molecular complexity index is 1100. The first kappa shape index (κ1) is 17.3. The fourth-order valence-corrected chi connectivity index (χ4v) is 3.52. The fraction of sp³-hybridized carbons (Fsp3) is 0.208. The highest BCUT2D eigenvalue weighted by Crippen LogP contribution is 2.24. The number of hydrogen-bond donors (Lipinski definition) is 1. The van der Waals surface area contributed by atoms with Crippen LogP contribution in [0, 0.1) is 20.8 Å². The van der Waals surface area contributed by atoms with E-state index < -0.39 is 0 Å². The molecule has 0 bridgehead atoms. The first-order valence-corrected chi connectivity index (χ1v) is 9.36. The van der Waals surface area contributed by atoms with Gasteiger partial charge in [-0.3, -0.25) is 0 Å². The normalized spacial score (nSPS) is 11.2. The van der Waals surface area contributed by atoms with Crippen LogP contribution in [0.5, 0.6) is 0 Å². The molecule has 1 heterocycles. The summed E-state index contributed by atoms with van der Waals surface area (Å²) in [7, 11) is 0. The molecule has 0 atom stereocenters. The van der Waals surface area contributed by atoms with Crippen LogP contribution in [0.15, 0.2) is 60.7 Å². The summed E-state index contributed by atoms with van der Waals surface area (Å²) in [6, 6.07) is 21.1. The van der Waals surface area contributed by atoms with Gasteiger partial charge in [0.05, 0.1) is 11.0 Å². The summed E-state index contributed by atoms with van der Waals surface area (Å²) in [5.41, 5.74) is 15.3. The van der Waals surface area contributed by atoms with E-state index in [1.807, 2.05) is 12.1 Å². The smallest absolute Gasteiger partial charge is 0.114 e. The quantitative estimate of drug-likeness (QED) is 0.512. The molecule has 0 amide bonds. The van der Waals surface area contributed by atoms with E-state index in [2.05, 4.69) is 73.9 Å². The second-order valence-corrected chi connectivity index (χ2v) is 7.38. The van der Waals surface area contributed by atoms with Gasteiger partial charge < -0.3 is 10.3 Å². The van der Waals surface area contributed by atoms with E-state index in [4.69, 9.17) is 10.7 Å². The molecule has 27 heavy (non-hydrogen) atoms. The Morgan fingerprint density at radius 2 is 1.56 bits per heavy atom. The van der Waals surface area contributed by atoms with E-state index in [0.717, 1.165) is 30.0 Å². The maximum Gasteiger partial charge on any atom is 0.114 e. The lowest BCUT2D eigenvalue weighted by Gasteiger charge is -2.12. The molecule has 3 nitrogen and oxygen atoms in total. The Morgan fingerprint density at radius 3 is 2.30 bits per heavy atom. The van der Waals surface area contributed by atoms with Crippen molar-refractivity contribution in [3.05, 3.63) is 94.3 Å². The maximum absolute atomic E-state index is 5.84. The molecule has 0 aliphatic carbocycles. The van der Waals surface area contributed by atoms with Crippen molar-refractivity contribution in [1.82, 2.24) is 9.55 Å². The van der Waals surface area contributed by atoms with E-state index in [-0.39, 0.29) is 0 Å². The van der Waals surface area contributed by atoms with E-state index in [9.17, 15) is 0 Å². The number of nitrogens with two attached hydrogens (primary N) is 1. The molecule has 0 aliphatic heterocycles. The molecule has 4 aromatic rings. The summed E-state index contributed by atoms with van der Waals surface area (Å²) in [5, 5.41) is 0. The number of fused-ring (bicyclic) bond motifs is 1. The van der Waals surface area contributed by atoms with Crippen LogP contribution in [-0.2, 0) is 13.0 Å². The standard InChI is InChI=1S/C24H25N3/c1-16-6-4-5-7-20(16)15-27-23-13-18(3)17(2)12-22(23)26-24(27)14-19-8-10-21(25)11-9-19/h4-13H,14-15,25H2,1-3H3. The van der Waals surface area contributed by atoms with E-state index in [1.54, 1.807) is 0 Å². The number of aryl methyl sites for hydroxylation is 3. The number of benzene rings is 3. The van der Waals surface area contributed by atoms with Crippen LogP contribution in [0.3, 0.4) is 0 Å². The first-order chi connectivity index (χ1) is 13.0. The van der Waals surface area contributed by atoms with E-state index in [0.29, 0.717) is 0 Å². The molecule has 2 N–H and O–H groups in total. The van der Waals surface area contributed by atoms with Gasteiger partial charge in [-0.25, -0.2) is 4.98 Å². The van der Waals surface area contributed by atoms with Crippen LogP contribution in [0.25, 0.3) is 11.0 Å². The molecule has 136 valence electrons. The molecule has 0 saturated carbocycles. The summed E-state index contributed by atoms with van der Waals surface area (Å²) in [4.78, 5) is 4.99. The predicted molar refractivity (Wildman–Crippen MR) is 113 cm³/mol. The van der Waals surface area contributed by atoms with E-state index in [1.165, 1.54) is 33.3 Å². The predicted octanol–water partition coefficient (Wildman–Crippen LogP) is 5.18. The van der Waals surface area contributed by atoms with Crippen LogP contribution < -0.4 is 5.73 Å². The molecule has 0 radical (unpaired) electrons. The van der Waals surface area contributed by atoms with Crippen LogP contribution in [-0.4, -0.2) is 9.55 Å². The molecule has 4 rings (SSSR count). The zero-order valence-corrected chi connectivity index (χ0v) is 16.2. The fourth-order valence-electron chi connectivity index (χ4n) is 3.52. The van der Waals surface area contributed by atoms with Crippen molar-refractivity contribution in [1.29, 1.82) is 0 Å². The van der Waals surface area contributed by atoms with Crippen molar-refractivity contribution in [3.8, 4) is 0 Å². The number of anilines is 1. The zero-order valence-electron chi connectivity index (χ0n) is 16.2. The van der Waals surface area contributed by atoms with Gasteiger partial charge in [-0.1, -0.05) is 36.4 Å². The molecule has 0 aliphatic rings. The third kappa shape index (κ3) is 3.45. The van der Waals surface area contributed by atoms with Gasteiger partial charge in [-0.05, 0) is 72.9 Å². The van der Waals surface area contributed by atoms with Crippen molar-refractivity contribution in [3.63, 3.8) is 0 Å². The third-order valence-corrected chi connectivity index (χ3v) is 5.37. The monoisotopic (exact) mass is 355 g/mol. The van der Waals surface area contributed by atoms with Gasteiger partial charge in [-0.15, -0.1) is 0 Å². The van der Waals surface area contributed by atoms with Crippen molar-refractivity contribution < 1.29 is 0 Å². The molecule has 3 heteroatoms. The SMILES string of the molecule is Cc1cc2nc(Cc3ccc(N)cc3)n(Cc3ccccc3C)c2cc1C. The largest absolute Gasteiger partial charge is 0.399 e. The van der Waals surface area contributed by atoms with Gasteiger partial charge in [0, 0.05) is 18.7 Å². The molecular formula is C24H25N3. The average Bonchev–Trinajstić information content (AvgIpc) is 2.96. The molecule has 0 spiro atoms. The van der Waals surface area contributed by atoms with Crippen LogP contribution >= 0.6 is 0 Å². The van der Waals surface area contributed by atoms with Gasteiger partial charge in [0.1, 0.15) is 5.82 Å². The average molecular weight is 355 g/mol. The molecule has 3 aromatic carbocycles. The summed E-state index contributed by atoms with van der Waals surface area (Å²) in [5.74, 6) is 1.09. The Balaban J connectivity index is 1.83. The number of nitrogen functional groups attached to an aromatic ring is 1. The summed E-state index contributed by atoms with van der Waals surface area (Å²) < 4.78 is 2.36. The van der Waals surface area contributed by atoms with Gasteiger partial charge >= 0.3 is 0 Å². The number of rotatable bonds is 4. The third-order valence-electron chi connectivity index (χ3n) is 5.37.